The van der Waals surface area contributed by atoms with E-state index in [1.54, 1.807) is 0 Å². The van der Waals surface area contributed by atoms with E-state index in [4.69, 9.17) is 19.3 Å². The van der Waals surface area contributed by atoms with E-state index >= 15 is 0 Å². The van der Waals surface area contributed by atoms with Crippen LogP contribution in [0.4, 0.5) is 0 Å². The number of carbonyl (C=O) groups excluding carboxylic acids is 1. The van der Waals surface area contributed by atoms with Gasteiger partial charge in [0.15, 0.2) is 0 Å². The number of ether oxygens (including phenoxy) is 3. The predicted octanol–water partition coefficient (Wildman–Crippen LogP) is 0.0999. The van der Waals surface area contributed by atoms with Crippen molar-refractivity contribution in [2.24, 2.45) is 0 Å². The second-order valence-electron chi connectivity index (χ2n) is 3.12. The lowest BCUT2D eigenvalue weighted by Crippen LogP contribution is -2.13. The normalized spacial score (nSPS) is 10.3. The maximum Gasteiger partial charge on any atom is 0.329 e. The summed E-state index contributed by atoms with van der Waals surface area (Å²) >= 11 is 0. The van der Waals surface area contributed by atoms with Gasteiger partial charge in [-0.2, -0.15) is 0 Å². The molecule has 0 aromatic heterocycles. The van der Waals surface area contributed by atoms with Gasteiger partial charge in [-0.05, 0) is 6.92 Å². The van der Waals surface area contributed by atoms with Gasteiger partial charge >= 0.3 is 5.97 Å². The zero-order valence-electron chi connectivity index (χ0n) is 9.44. The molecule has 1 N–H and O–H groups in total. The van der Waals surface area contributed by atoms with Crippen molar-refractivity contribution in [3.63, 3.8) is 0 Å². The highest BCUT2D eigenvalue weighted by Crippen LogP contribution is 1.85. The minimum absolute atomic E-state index is 0.1000. The maximum atomic E-state index is 10.5. The van der Waals surface area contributed by atoms with Crippen LogP contribution in [0.1, 0.15) is 13.3 Å². The number of carboxylic acids is 1. The molecule has 0 aromatic rings. The van der Waals surface area contributed by atoms with Gasteiger partial charge in [0.1, 0.15) is 12.4 Å². The van der Waals surface area contributed by atoms with E-state index in [0.717, 1.165) is 0 Å². The average molecular weight is 234 g/mol. The Kier molecular flexibility index (Phi) is 9.89. The number of carbonyl (C=O) groups is 2. The van der Waals surface area contributed by atoms with Crippen LogP contribution in [0, 0.1) is 0 Å². The van der Waals surface area contributed by atoms with Gasteiger partial charge in [0.2, 0.25) is 0 Å². The standard InChI is InChI=1S/C10H18O6/c1-9(11)2-3-14-4-5-15-6-7-16-8-10(12)13/h2-8H2,1H3,(H,12,13). The number of ketones is 1. The molecule has 0 saturated carbocycles. The van der Waals surface area contributed by atoms with Crippen LogP contribution in [-0.2, 0) is 23.8 Å². The summed E-state index contributed by atoms with van der Waals surface area (Å²) in [4.78, 5) is 20.6. The number of hydrogen-bond donors (Lipinski definition) is 1. The minimum Gasteiger partial charge on any atom is -0.480 e. The molecule has 94 valence electrons. The van der Waals surface area contributed by atoms with Gasteiger partial charge < -0.3 is 19.3 Å². The topological polar surface area (TPSA) is 82.1 Å². The van der Waals surface area contributed by atoms with Gasteiger partial charge in [0.05, 0.1) is 33.0 Å². The Hall–Kier alpha value is -0.980. The van der Waals surface area contributed by atoms with Gasteiger partial charge in [-0.3, -0.25) is 4.79 Å². The van der Waals surface area contributed by atoms with Crippen molar-refractivity contribution in [2.75, 3.05) is 39.6 Å². The van der Waals surface area contributed by atoms with Crippen molar-refractivity contribution >= 4 is 11.8 Å². The summed E-state index contributed by atoms with van der Waals surface area (Å²) in [5.41, 5.74) is 0. The van der Waals surface area contributed by atoms with Gasteiger partial charge in [-0.15, -0.1) is 0 Å². The zero-order valence-corrected chi connectivity index (χ0v) is 9.44. The summed E-state index contributed by atoms with van der Waals surface area (Å²) in [5.74, 6) is -0.893. The molecule has 0 heterocycles. The second-order valence-corrected chi connectivity index (χ2v) is 3.12. The van der Waals surface area contributed by atoms with Crippen LogP contribution in [0.25, 0.3) is 0 Å². The number of hydrogen-bond acceptors (Lipinski definition) is 5. The molecule has 0 bridgehead atoms. The predicted molar refractivity (Wildman–Crippen MR) is 55.4 cm³/mol. The van der Waals surface area contributed by atoms with Gasteiger partial charge in [-0.25, -0.2) is 4.79 Å². The van der Waals surface area contributed by atoms with Crippen molar-refractivity contribution in [1.82, 2.24) is 0 Å². The molecule has 0 atom stereocenters. The third-order valence-electron chi connectivity index (χ3n) is 1.57. The highest BCUT2D eigenvalue weighted by Gasteiger charge is 1.96. The van der Waals surface area contributed by atoms with Crippen LogP contribution >= 0.6 is 0 Å². The fourth-order valence-corrected chi connectivity index (χ4v) is 0.815. The number of Topliss-reactive ketones (excluding diaryl/α,β-unsaturated/α-hetero) is 1. The summed E-state index contributed by atoms with van der Waals surface area (Å²) in [5, 5.41) is 8.24. The summed E-state index contributed by atoms with van der Waals surface area (Å²) in [6.07, 6.45) is 0.418. The first-order valence-corrected chi connectivity index (χ1v) is 5.07. The molecule has 0 aromatic carbocycles. The summed E-state index contributed by atoms with van der Waals surface area (Å²) in [6.45, 7) is 3.04. The van der Waals surface area contributed by atoms with Crippen molar-refractivity contribution < 1.29 is 28.9 Å². The molecule has 6 heteroatoms. The SMILES string of the molecule is CC(=O)CCOCCOCCOCC(=O)O. The smallest absolute Gasteiger partial charge is 0.329 e. The van der Waals surface area contributed by atoms with E-state index in [-0.39, 0.29) is 19.0 Å². The van der Waals surface area contributed by atoms with Crippen LogP contribution in [0.3, 0.4) is 0 Å². The maximum absolute atomic E-state index is 10.5. The molecule has 0 amide bonds. The Balaban J connectivity index is 2.98. The molecule has 0 fully saturated rings. The second kappa shape index (κ2) is 10.5. The van der Waals surface area contributed by atoms with Crippen molar-refractivity contribution in [2.45, 2.75) is 13.3 Å². The van der Waals surface area contributed by atoms with E-state index in [1.165, 1.54) is 6.92 Å². The van der Waals surface area contributed by atoms with Crippen LogP contribution in [0.5, 0.6) is 0 Å². The first kappa shape index (κ1) is 15.0. The van der Waals surface area contributed by atoms with Gasteiger partial charge in [0.25, 0.3) is 0 Å². The lowest BCUT2D eigenvalue weighted by atomic mass is 10.3. The van der Waals surface area contributed by atoms with Crippen LogP contribution < -0.4 is 0 Å². The van der Waals surface area contributed by atoms with Crippen LogP contribution in [0.15, 0.2) is 0 Å². The van der Waals surface area contributed by atoms with Crippen LogP contribution in [-0.4, -0.2) is 56.5 Å². The molecule has 6 nitrogen and oxygen atoms in total. The molecule has 16 heavy (non-hydrogen) atoms. The van der Waals surface area contributed by atoms with E-state index in [0.29, 0.717) is 32.8 Å². The first-order chi connectivity index (χ1) is 7.63. The van der Waals surface area contributed by atoms with Crippen LogP contribution in [0.2, 0.25) is 0 Å². The Morgan fingerprint density at radius 1 is 0.938 bits per heavy atom. The van der Waals surface area contributed by atoms with Crippen molar-refractivity contribution in [1.29, 1.82) is 0 Å². The molecule has 0 spiro atoms. The Bertz CT molecular complexity index is 181. The zero-order chi connectivity index (χ0) is 12.2. The highest BCUT2D eigenvalue weighted by atomic mass is 16.5. The highest BCUT2D eigenvalue weighted by molar-refractivity contribution is 5.75. The monoisotopic (exact) mass is 234 g/mol. The Morgan fingerprint density at radius 2 is 1.44 bits per heavy atom. The summed E-state index contributed by atoms with van der Waals surface area (Å²) in [6, 6.07) is 0. The fraction of sp³-hybridized carbons (Fsp3) is 0.800. The minimum atomic E-state index is -0.993. The number of aliphatic carboxylic acids is 1. The van der Waals surface area contributed by atoms with Gasteiger partial charge in [0, 0.05) is 6.42 Å². The van der Waals surface area contributed by atoms with E-state index < -0.39 is 5.97 Å². The average Bonchev–Trinajstić information content (AvgIpc) is 2.20. The first-order valence-electron chi connectivity index (χ1n) is 5.07. The van der Waals surface area contributed by atoms with Gasteiger partial charge in [-0.1, -0.05) is 0 Å². The third kappa shape index (κ3) is 13.0. The number of rotatable bonds is 11. The molecule has 0 aliphatic heterocycles. The third-order valence-corrected chi connectivity index (χ3v) is 1.57. The number of carboxylic acid groups (broad SMARTS) is 1. The lowest BCUT2D eigenvalue weighted by molar-refractivity contribution is -0.142. The molecule has 0 radical (unpaired) electrons. The molecular weight excluding hydrogens is 216 g/mol. The lowest BCUT2D eigenvalue weighted by Gasteiger charge is -2.05. The summed E-state index contributed by atoms with van der Waals surface area (Å²) in [7, 11) is 0. The molecular formula is C10H18O6. The molecule has 0 saturated heterocycles. The van der Waals surface area contributed by atoms with E-state index in [2.05, 4.69) is 0 Å². The Labute approximate surface area is 94.5 Å². The largest absolute Gasteiger partial charge is 0.480 e. The molecule has 0 rings (SSSR count). The van der Waals surface area contributed by atoms with E-state index in [1.807, 2.05) is 0 Å². The molecule has 0 unspecified atom stereocenters. The quantitative estimate of drug-likeness (QED) is 0.510. The fourth-order valence-electron chi connectivity index (χ4n) is 0.815. The van der Waals surface area contributed by atoms with E-state index in [9.17, 15) is 9.59 Å². The molecule has 0 aliphatic carbocycles. The molecule has 0 aliphatic rings. The summed E-state index contributed by atoms with van der Waals surface area (Å²) < 4.78 is 14.9. The van der Waals surface area contributed by atoms with Crippen molar-refractivity contribution in [3.05, 3.63) is 0 Å². The van der Waals surface area contributed by atoms with Crippen molar-refractivity contribution in [3.8, 4) is 0 Å². The Morgan fingerprint density at radius 3 is 1.94 bits per heavy atom.